The van der Waals surface area contributed by atoms with Crippen LogP contribution in [-0.4, -0.2) is 30.6 Å². The second kappa shape index (κ2) is 7.89. The van der Waals surface area contributed by atoms with Gasteiger partial charge in [0.1, 0.15) is 0 Å². The standard InChI is InChI=1S/C19H24N2O3S/c1-3-23-17-10-14(4-5-16(17)24-12-19(20)22)11-21-8-6-18-15(13(21)2)7-9-25-18/h4-5,7,9-10,13H,3,6,8,11-12H2,1-2H3,(H2,20,22)/t13-/m1/s1. The Morgan fingerprint density at radius 1 is 1.32 bits per heavy atom. The molecule has 5 nitrogen and oxygen atoms in total. The Morgan fingerprint density at radius 2 is 2.16 bits per heavy atom. The molecule has 0 unspecified atom stereocenters. The summed E-state index contributed by atoms with van der Waals surface area (Å²) >= 11 is 1.86. The highest BCUT2D eigenvalue weighted by molar-refractivity contribution is 7.10. The summed E-state index contributed by atoms with van der Waals surface area (Å²) in [4.78, 5) is 14.9. The van der Waals surface area contributed by atoms with Crippen molar-refractivity contribution < 1.29 is 14.3 Å². The van der Waals surface area contributed by atoms with Gasteiger partial charge < -0.3 is 15.2 Å². The molecule has 1 amide bonds. The van der Waals surface area contributed by atoms with Gasteiger partial charge in [-0.05, 0) is 55.0 Å². The molecule has 6 heteroatoms. The zero-order valence-corrected chi connectivity index (χ0v) is 15.5. The molecule has 1 aromatic carbocycles. The number of nitrogens with two attached hydrogens (primary N) is 1. The van der Waals surface area contributed by atoms with E-state index in [0.29, 0.717) is 24.1 Å². The van der Waals surface area contributed by atoms with Crippen LogP contribution in [0.3, 0.4) is 0 Å². The molecule has 0 fully saturated rings. The van der Waals surface area contributed by atoms with Gasteiger partial charge in [-0.25, -0.2) is 0 Å². The van der Waals surface area contributed by atoms with Gasteiger partial charge in [0.05, 0.1) is 6.61 Å². The predicted molar refractivity (Wildman–Crippen MR) is 99.1 cm³/mol. The van der Waals surface area contributed by atoms with Crippen molar-refractivity contribution >= 4 is 17.2 Å². The van der Waals surface area contributed by atoms with E-state index in [-0.39, 0.29) is 6.61 Å². The van der Waals surface area contributed by atoms with Gasteiger partial charge in [-0.3, -0.25) is 9.69 Å². The number of primary amides is 1. The fourth-order valence-corrected chi connectivity index (χ4v) is 4.16. The first-order valence-electron chi connectivity index (χ1n) is 8.55. The van der Waals surface area contributed by atoms with Crippen LogP contribution >= 0.6 is 11.3 Å². The van der Waals surface area contributed by atoms with Crippen LogP contribution in [0, 0.1) is 0 Å². The Bertz CT molecular complexity index is 744. The lowest BCUT2D eigenvalue weighted by atomic mass is 10.0. The summed E-state index contributed by atoms with van der Waals surface area (Å²) < 4.78 is 11.1. The molecular weight excluding hydrogens is 336 g/mol. The molecule has 0 saturated carbocycles. The third-order valence-corrected chi connectivity index (χ3v) is 5.46. The number of rotatable bonds is 7. The zero-order valence-electron chi connectivity index (χ0n) is 14.7. The molecule has 134 valence electrons. The van der Waals surface area contributed by atoms with E-state index in [9.17, 15) is 4.79 Å². The van der Waals surface area contributed by atoms with Crippen LogP contribution in [0.25, 0.3) is 0 Å². The molecule has 1 aliphatic heterocycles. The van der Waals surface area contributed by atoms with E-state index >= 15 is 0 Å². The predicted octanol–water partition coefficient (Wildman–Crippen LogP) is 3.13. The molecule has 0 aliphatic carbocycles. The van der Waals surface area contributed by atoms with Gasteiger partial charge in [0.25, 0.3) is 5.91 Å². The lowest BCUT2D eigenvalue weighted by Gasteiger charge is -2.33. The van der Waals surface area contributed by atoms with Crippen molar-refractivity contribution in [2.75, 3.05) is 19.8 Å². The number of nitrogens with zero attached hydrogens (tertiary/aromatic N) is 1. The fourth-order valence-electron chi connectivity index (χ4n) is 3.20. The summed E-state index contributed by atoms with van der Waals surface area (Å²) in [6.45, 7) is 6.48. The summed E-state index contributed by atoms with van der Waals surface area (Å²) in [6.07, 6.45) is 1.11. The Kier molecular flexibility index (Phi) is 5.60. The second-order valence-corrected chi connectivity index (χ2v) is 7.17. The average Bonchev–Trinajstić information content (AvgIpc) is 3.06. The van der Waals surface area contributed by atoms with Gasteiger partial charge in [-0.2, -0.15) is 0 Å². The Hall–Kier alpha value is -2.05. The molecule has 2 N–H and O–H groups in total. The smallest absolute Gasteiger partial charge is 0.255 e. The van der Waals surface area contributed by atoms with E-state index in [1.165, 1.54) is 16.0 Å². The van der Waals surface area contributed by atoms with Crippen LogP contribution in [0.15, 0.2) is 29.6 Å². The number of ether oxygens (including phenoxy) is 2. The average molecular weight is 360 g/mol. The number of carbonyl (C=O) groups excluding carboxylic acids is 1. The summed E-state index contributed by atoms with van der Waals surface area (Å²) in [7, 11) is 0. The number of amides is 1. The molecular formula is C19H24N2O3S. The third-order valence-electron chi connectivity index (χ3n) is 4.47. The van der Waals surface area contributed by atoms with Crippen molar-refractivity contribution in [3.8, 4) is 11.5 Å². The van der Waals surface area contributed by atoms with Gasteiger partial charge >= 0.3 is 0 Å². The minimum absolute atomic E-state index is 0.149. The van der Waals surface area contributed by atoms with Gasteiger partial charge in [-0.1, -0.05) is 6.07 Å². The molecule has 3 rings (SSSR count). The molecule has 0 spiro atoms. The molecule has 2 heterocycles. The molecule has 1 atom stereocenters. The van der Waals surface area contributed by atoms with Crippen molar-refractivity contribution in [3.63, 3.8) is 0 Å². The monoisotopic (exact) mass is 360 g/mol. The van der Waals surface area contributed by atoms with Crippen molar-refractivity contribution in [3.05, 3.63) is 45.6 Å². The van der Waals surface area contributed by atoms with Crippen molar-refractivity contribution in [2.45, 2.75) is 32.9 Å². The number of hydrogen-bond donors (Lipinski definition) is 1. The number of benzene rings is 1. The van der Waals surface area contributed by atoms with Crippen molar-refractivity contribution in [2.24, 2.45) is 5.73 Å². The molecule has 2 aromatic rings. The van der Waals surface area contributed by atoms with E-state index < -0.39 is 5.91 Å². The van der Waals surface area contributed by atoms with Crippen LogP contribution in [0.4, 0.5) is 0 Å². The molecule has 0 bridgehead atoms. The minimum atomic E-state index is -0.500. The SMILES string of the molecule is CCOc1cc(CN2CCc3sccc3[C@H]2C)ccc1OCC(N)=O. The van der Waals surface area contributed by atoms with Gasteiger partial charge in [0, 0.05) is 24.0 Å². The van der Waals surface area contributed by atoms with Crippen molar-refractivity contribution in [1.82, 2.24) is 4.90 Å². The maximum atomic E-state index is 10.9. The van der Waals surface area contributed by atoms with Gasteiger partial charge in [0.15, 0.2) is 18.1 Å². The lowest BCUT2D eigenvalue weighted by molar-refractivity contribution is -0.119. The van der Waals surface area contributed by atoms with Crippen LogP contribution < -0.4 is 15.2 Å². The third kappa shape index (κ3) is 4.14. The topological polar surface area (TPSA) is 64.8 Å². The number of hydrogen-bond acceptors (Lipinski definition) is 5. The summed E-state index contributed by atoms with van der Waals surface area (Å²) in [5.74, 6) is 0.707. The highest BCUT2D eigenvalue weighted by Crippen LogP contribution is 2.35. The largest absolute Gasteiger partial charge is 0.490 e. The van der Waals surface area contributed by atoms with E-state index in [0.717, 1.165) is 19.5 Å². The van der Waals surface area contributed by atoms with E-state index in [1.807, 2.05) is 36.5 Å². The van der Waals surface area contributed by atoms with Crippen molar-refractivity contribution in [1.29, 1.82) is 0 Å². The summed E-state index contributed by atoms with van der Waals surface area (Å²) in [6, 6.07) is 8.53. The van der Waals surface area contributed by atoms with Crippen LogP contribution in [0.2, 0.25) is 0 Å². The Labute approximate surface area is 152 Å². The number of thiophene rings is 1. The van der Waals surface area contributed by atoms with Crippen LogP contribution in [0.5, 0.6) is 11.5 Å². The minimum Gasteiger partial charge on any atom is -0.490 e. The van der Waals surface area contributed by atoms with E-state index in [1.54, 1.807) is 0 Å². The first kappa shape index (κ1) is 17.8. The van der Waals surface area contributed by atoms with Gasteiger partial charge in [0.2, 0.25) is 0 Å². The number of fused-ring (bicyclic) bond motifs is 1. The van der Waals surface area contributed by atoms with Crippen LogP contribution in [0.1, 0.15) is 35.9 Å². The maximum Gasteiger partial charge on any atom is 0.255 e. The summed E-state index contributed by atoms with van der Waals surface area (Å²) in [5.41, 5.74) is 7.77. The fraction of sp³-hybridized carbons (Fsp3) is 0.421. The molecule has 0 radical (unpaired) electrons. The molecule has 1 aromatic heterocycles. The Morgan fingerprint density at radius 3 is 2.92 bits per heavy atom. The summed E-state index contributed by atoms with van der Waals surface area (Å²) in [5, 5.41) is 2.18. The molecule has 25 heavy (non-hydrogen) atoms. The maximum absolute atomic E-state index is 10.9. The highest BCUT2D eigenvalue weighted by atomic mass is 32.1. The lowest BCUT2D eigenvalue weighted by Crippen LogP contribution is -2.32. The number of carbonyl (C=O) groups is 1. The quantitative estimate of drug-likeness (QED) is 0.824. The van der Waals surface area contributed by atoms with E-state index in [4.69, 9.17) is 15.2 Å². The normalized spacial score (nSPS) is 17.1. The Balaban J connectivity index is 1.74. The zero-order chi connectivity index (χ0) is 17.8. The van der Waals surface area contributed by atoms with Gasteiger partial charge in [-0.15, -0.1) is 11.3 Å². The van der Waals surface area contributed by atoms with E-state index in [2.05, 4.69) is 23.3 Å². The van der Waals surface area contributed by atoms with Crippen LogP contribution in [-0.2, 0) is 17.8 Å². The second-order valence-electron chi connectivity index (χ2n) is 6.16. The molecule has 0 saturated heterocycles. The first-order chi connectivity index (χ1) is 12.1. The first-order valence-corrected chi connectivity index (χ1v) is 9.43. The molecule has 1 aliphatic rings. The highest BCUT2D eigenvalue weighted by Gasteiger charge is 2.24.